The molecule has 2 aromatic carbocycles. The minimum absolute atomic E-state index is 0.0188. The van der Waals surface area contributed by atoms with Gasteiger partial charge in [-0.25, -0.2) is 12.8 Å². The number of hydrogen-bond acceptors (Lipinski definition) is 4. The molecule has 2 aromatic rings. The molecule has 0 unspecified atom stereocenters. The first kappa shape index (κ1) is 27.9. The van der Waals surface area contributed by atoms with Crippen LogP contribution in [0.5, 0.6) is 0 Å². The molecule has 0 radical (unpaired) electrons. The Morgan fingerprint density at radius 1 is 1.09 bits per heavy atom. The van der Waals surface area contributed by atoms with E-state index in [1.54, 1.807) is 20.8 Å². The van der Waals surface area contributed by atoms with Gasteiger partial charge in [-0.2, -0.15) is 0 Å². The monoisotopic (exact) mass is 531 g/mol. The zero-order chi connectivity index (χ0) is 25.6. The topological polar surface area (TPSA) is 86.8 Å². The SMILES string of the molecule is CC[C@H](C(=O)NC(C)C)N(Cc1ccc(F)cc1)C(=O)CN(c1ccc(Cl)cc1Cl)S(C)(=O)=O. The molecule has 0 saturated carbocycles. The van der Waals surface area contributed by atoms with Gasteiger partial charge in [0.25, 0.3) is 0 Å². The lowest BCUT2D eigenvalue weighted by atomic mass is 10.1. The Hall–Kier alpha value is -2.36. The van der Waals surface area contributed by atoms with E-state index in [2.05, 4.69) is 5.32 Å². The molecule has 0 aromatic heterocycles. The summed E-state index contributed by atoms with van der Waals surface area (Å²) in [5.74, 6) is -1.43. The molecule has 1 N–H and O–H groups in total. The highest BCUT2D eigenvalue weighted by Gasteiger charge is 2.32. The third-order valence-electron chi connectivity index (χ3n) is 4.94. The molecule has 7 nitrogen and oxygen atoms in total. The summed E-state index contributed by atoms with van der Waals surface area (Å²) in [6, 6.07) is 8.74. The fraction of sp³-hybridized carbons (Fsp3) is 0.391. The lowest BCUT2D eigenvalue weighted by molar-refractivity contribution is -0.140. The highest BCUT2D eigenvalue weighted by atomic mass is 35.5. The first-order valence-electron chi connectivity index (χ1n) is 10.6. The zero-order valence-electron chi connectivity index (χ0n) is 19.4. The molecule has 0 heterocycles. The number of amides is 2. The Morgan fingerprint density at radius 3 is 2.21 bits per heavy atom. The van der Waals surface area contributed by atoms with Crippen LogP contribution in [0.1, 0.15) is 32.8 Å². The van der Waals surface area contributed by atoms with Gasteiger partial charge >= 0.3 is 0 Å². The van der Waals surface area contributed by atoms with E-state index in [4.69, 9.17) is 23.2 Å². The average Bonchev–Trinajstić information content (AvgIpc) is 2.72. The maximum atomic E-state index is 13.5. The summed E-state index contributed by atoms with van der Waals surface area (Å²) in [4.78, 5) is 27.7. The zero-order valence-corrected chi connectivity index (χ0v) is 21.7. The minimum Gasteiger partial charge on any atom is -0.352 e. The molecular weight excluding hydrogens is 504 g/mol. The largest absolute Gasteiger partial charge is 0.352 e. The molecule has 0 aliphatic heterocycles. The van der Waals surface area contributed by atoms with Crippen molar-refractivity contribution in [3.05, 3.63) is 63.9 Å². The van der Waals surface area contributed by atoms with Crippen LogP contribution in [0.4, 0.5) is 10.1 Å². The van der Waals surface area contributed by atoms with Crippen LogP contribution in [0.2, 0.25) is 10.0 Å². The van der Waals surface area contributed by atoms with E-state index in [1.165, 1.54) is 47.4 Å². The van der Waals surface area contributed by atoms with E-state index >= 15 is 0 Å². The van der Waals surface area contributed by atoms with E-state index in [9.17, 15) is 22.4 Å². The molecule has 0 fully saturated rings. The second kappa shape index (κ2) is 11.9. The number of hydrogen-bond donors (Lipinski definition) is 1. The molecule has 1 atom stereocenters. The second-order valence-electron chi connectivity index (χ2n) is 8.10. The van der Waals surface area contributed by atoms with Gasteiger partial charge in [0.1, 0.15) is 18.4 Å². The average molecular weight is 532 g/mol. The van der Waals surface area contributed by atoms with Crippen molar-refractivity contribution < 1.29 is 22.4 Å². The van der Waals surface area contributed by atoms with Crippen molar-refractivity contribution in [3.8, 4) is 0 Å². The molecule has 0 spiro atoms. The van der Waals surface area contributed by atoms with Crippen LogP contribution in [0.15, 0.2) is 42.5 Å². The summed E-state index contributed by atoms with van der Waals surface area (Å²) in [5, 5.41) is 3.16. The molecule has 0 aliphatic carbocycles. The number of benzene rings is 2. The number of nitrogens with one attached hydrogen (secondary N) is 1. The van der Waals surface area contributed by atoms with Crippen molar-refractivity contribution in [2.45, 2.75) is 45.8 Å². The summed E-state index contributed by atoms with van der Waals surface area (Å²) in [6.07, 6.45) is 1.24. The third kappa shape index (κ3) is 7.58. The third-order valence-corrected chi connectivity index (χ3v) is 6.60. The van der Waals surface area contributed by atoms with Crippen LogP contribution in [0.3, 0.4) is 0 Å². The Bertz CT molecular complexity index is 1130. The normalized spacial score (nSPS) is 12.4. The van der Waals surface area contributed by atoms with Crippen molar-refractivity contribution >= 4 is 50.7 Å². The fourth-order valence-electron chi connectivity index (χ4n) is 3.37. The molecular formula is C23H28Cl2FN3O4S. The fourth-order valence-corrected chi connectivity index (χ4v) is 4.79. The number of carbonyl (C=O) groups excluding carboxylic acids is 2. The number of anilines is 1. The van der Waals surface area contributed by atoms with Crippen molar-refractivity contribution in [3.63, 3.8) is 0 Å². The van der Waals surface area contributed by atoms with Crippen molar-refractivity contribution in [1.29, 1.82) is 0 Å². The maximum Gasteiger partial charge on any atom is 0.244 e. The van der Waals surface area contributed by atoms with Crippen LogP contribution in [0.25, 0.3) is 0 Å². The van der Waals surface area contributed by atoms with Gasteiger partial charge in [-0.05, 0) is 56.2 Å². The van der Waals surface area contributed by atoms with Gasteiger partial charge in [0, 0.05) is 17.6 Å². The first-order valence-corrected chi connectivity index (χ1v) is 13.2. The number of sulfonamides is 1. The van der Waals surface area contributed by atoms with Crippen LogP contribution >= 0.6 is 23.2 Å². The Morgan fingerprint density at radius 2 is 1.71 bits per heavy atom. The van der Waals surface area contributed by atoms with E-state index in [0.717, 1.165) is 10.6 Å². The molecule has 0 bridgehead atoms. The number of rotatable bonds is 10. The van der Waals surface area contributed by atoms with E-state index < -0.39 is 34.3 Å². The number of halogens is 3. The smallest absolute Gasteiger partial charge is 0.244 e. The highest BCUT2D eigenvalue weighted by Crippen LogP contribution is 2.30. The lowest BCUT2D eigenvalue weighted by Crippen LogP contribution is -2.53. The summed E-state index contributed by atoms with van der Waals surface area (Å²) in [5.41, 5.74) is 0.671. The molecule has 0 saturated heterocycles. The lowest BCUT2D eigenvalue weighted by Gasteiger charge is -2.33. The Kier molecular flexibility index (Phi) is 9.73. The van der Waals surface area contributed by atoms with Crippen molar-refractivity contribution in [1.82, 2.24) is 10.2 Å². The summed E-state index contributed by atoms with van der Waals surface area (Å²) < 4.78 is 39.4. The first-order chi connectivity index (χ1) is 15.8. The van der Waals surface area contributed by atoms with Crippen LogP contribution in [-0.2, 0) is 26.2 Å². The molecule has 2 rings (SSSR count). The number of carbonyl (C=O) groups is 2. The van der Waals surface area contributed by atoms with Gasteiger partial charge in [-0.1, -0.05) is 42.3 Å². The van der Waals surface area contributed by atoms with Gasteiger partial charge in [0.2, 0.25) is 21.8 Å². The highest BCUT2D eigenvalue weighted by molar-refractivity contribution is 7.92. The molecule has 11 heteroatoms. The van der Waals surface area contributed by atoms with Crippen molar-refractivity contribution in [2.75, 3.05) is 17.1 Å². The van der Waals surface area contributed by atoms with Gasteiger partial charge in [0.05, 0.1) is 17.0 Å². The molecule has 34 heavy (non-hydrogen) atoms. The molecule has 0 aliphatic rings. The van der Waals surface area contributed by atoms with E-state index in [1.807, 2.05) is 0 Å². The van der Waals surface area contributed by atoms with Crippen molar-refractivity contribution in [2.24, 2.45) is 0 Å². The molecule has 2 amide bonds. The van der Waals surface area contributed by atoms with Crippen LogP contribution in [0, 0.1) is 5.82 Å². The minimum atomic E-state index is -3.92. The second-order valence-corrected chi connectivity index (χ2v) is 10.9. The Labute approximate surface area is 209 Å². The summed E-state index contributed by atoms with van der Waals surface area (Å²) in [7, 11) is -3.92. The molecule has 186 valence electrons. The van der Waals surface area contributed by atoms with Crippen LogP contribution < -0.4 is 9.62 Å². The predicted molar refractivity (Wildman–Crippen MR) is 133 cm³/mol. The maximum absolute atomic E-state index is 13.5. The predicted octanol–water partition coefficient (Wildman–Crippen LogP) is 4.23. The standard InChI is InChI=1S/C23H28Cl2FN3O4S/c1-5-20(23(31)27-15(2)3)28(13-16-6-9-18(26)10-7-16)22(30)14-29(34(4,32)33)21-11-8-17(24)12-19(21)25/h6-12,15,20H,5,13-14H2,1-4H3,(H,27,31)/t20-/m1/s1. The van der Waals surface area contributed by atoms with E-state index in [-0.39, 0.29) is 35.6 Å². The van der Waals surface area contributed by atoms with Gasteiger partial charge in [-0.15, -0.1) is 0 Å². The summed E-state index contributed by atoms with van der Waals surface area (Å²) in [6.45, 7) is 4.73. The van der Waals surface area contributed by atoms with Gasteiger partial charge in [-0.3, -0.25) is 13.9 Å². The van der Waals surface area contributed by atoms with Crippen LogP contribution in [-0.4, -0.2) is 50.0 Å². The summed E-state index contributed by atoms with van der Waals surface area (Å²) >= 11 is 12.2. The van der Waals surface area contributed by atoms with Gasteiger partial charge < -0.3 is 10.2 Å². The quantitative estimate of drug-likeness (QED) is 0.496. The van der Waals surface area contributed by atoms with E-state index in [0.29, 0.717) is 10.6 Å². The number of nitrogens with zero attached hydrogens (tertiary/aromatic N) is 2. The Balaban J connectivity index is 2.46. The van der Waals surface area contributed by atoms with Gasteiger partial charge in [0.15, 0.2) is 0 Å².